The SMILES string of the molecule is CC(C)(C)c1ccc(-c2cc3c(c(-c4ccccc4)c2-c2ccccc2)Cc2ccccc2-3)cc1C(C)(C)C. The lowest BCUT2D eigenvalue weighted by Crippen LogP contribution is -2.22. The lowest BCUT2D eigenvalue weighted by Gasteiger charge is -2.31. The van der Waals surface area contributed by atoms with Gasteiger partial charge in [0.05, 0.1) is 0 Å². The number of benzene rings is 5. The fourth-order valence-corrected chi connectivity index (χ4v) is 6.32. The molecule has 0 nitrogen and oxygen atoms in total. The molecule has 0 N–H and O–H groups in total. The number of hydrogen-bond acceptors (Lipinski definition) is 0. The van der Waals surface area contributed by atoms with E-state index in [-0.39, 0.29) is 10.8 Å². The summed E-state index contributed by atoms with van der Waals surface area (Å²) in [6.45, 7) is 14.0. The molecule has 0 aromatic heterocycles. The topological polar surface area (TPSA) is 0 Å². The van der Waals surface area contributed by atoms with Gasteiger partial charge in [0.25, 0.3) is 0 Å². The molecule has 0 unspecified atom stereocenters. The van der Waals surface area contributed by atoms with E-state index in [1.54, 1.807) is 0 Å². The van der Waals surface area contributed by atoms with Gasteiger partial charge in [0.2, 0.25) is 0 Å². The second kappa shape index (κ2) is 9.38. The molecule has 0 fully saturated rings. The Morgan fingerprint density at radius 1 is 0.436 bits per heavy atom. The average molecular weight is 507 g/mol. The highest BCUT2D eigenvalue weighted by Gasteiger charge is 2.29. The van der Waals surface area contributed by atoms with Crippen LogP contribution in [0, 0.1) is 0 Å². The Balaban J connectivity index is 1.74. The number of hydrogen-bond donors (Lipinski definition) is 0. The maximum atomic E-state index is 2.48. The first kappa shape index (κ1) is 25.4. The van der Waals surface area contributed by atoms with E-state index in [1.165, 1.54) is 66.8 Å². The summed E-state index contributed by atoms with van der Waals surface area (Å²) in [6, 6.07) is 40.6. The van der Waals surface area contributed by atoms with Crippen LogP contribution in [0.4, 0.5) is 0 Å². The van der Waals surface area contributed by atoms with Gasteiger partial charge in [-0.15, -0.1) is 0 Å². The third kappa shape index (κ3) is 4.53. The molecule has 0 atom stereocenters. The van der Waals surface area contributed by atoms with Gasteiger partial charge in [-0.1, -0.05) is 145 Å². The van der Waals surface area contributed by atoms with E-state index in [2.05, 4.69) is 151 Å². The van der Waals surface area contributed by atoms with Crippen LogP contribution in [0.25, 0.3) is 44.5 Å². The van der Waals surface area contributed by atoms with Crippen molar-refractivity contribution >= 4 is 0 Å². The normalized spacial score (nSPS) is 12.8. The van der Waals surface area contributed by atoms with Crippen molar-refractivity contribution < 1.29 is 0 Å². The van der Waals surface area contributed by atoms with Crippen LogP contribution in [-0.4, -0.2) is 0 Å². The van der Waals surface area contributed by atoms with Crippen LogP contribution < -0.4 is 0 Å². The Hall–Kier alpha value is -3.90. The molecule has 39 heavy (non-hydrogen) atoms. The van der Waals surface area contributed by atoms with E-state index >= 15 is 0 Å². The maximum absolute atomic E-state index is 2.48. The van der Waals surface area contributed by atoms with Crippen LogP contribution in [0.2, 0.25) is 0 Å². The molecule has 0 amide bonds. The summed E-state index contributed by atoms with van der Waals surface area (Å²) >= 11 is 0. The quantitative estimate of drug-likeness (QED) is 0.224. The highest BCUT2D eigenvalue weighted by molar-refractivity contribution is 6.01. The van der Waals surface area contributed by atoms with Gasteiger partial charge >= 0.3 is 0 Å². The van der Waals surface area contributed by atoms with Crippen LogP contribution in [0.3, 0.4) is 0 Å². The van der Waals surface area contributed by atoms with Crippen molar-refractivity contribution in [2.24, 2.45) is 0 Å². The molecule has 5 aromatic rings. The fraction of sp³-hybridized carbons (Fsp3) is 0.231. The van der Waals surface area contributed by atoms with Crippen molar-refractivity contribution in [1.29, 1.82) is 0 Å². The molecule has 0 heteroatoms. The smallest absolute Gasteiger partial charge is 0.000705 e. The van der Waals surface area contributed by atoms with Crippen LogP contribution in [0.5, 0.6) is 0 Å². The van der Waals surface area contributed by atoms with E-state index in [4.69, 9.17) is 0 Å². The van der Waals surface area contributed by atoms with Crippen molar-refractivity contribution in [2.45, 2.75) is 58.8 Å². The summed E-state index contributed by atoms with van der Waals surface area (Å²) in [7, 11) is 0. The molecular weight excluding hydrogens is 468 g/mol. The van der Waals surface area contributed by atoms with E-state index in [0.29, 0.717) is 0 Å². The molecule has 1 aliphatic rings. The number of fused-ring (bicyclic) bond motifs is 3. The summed E-state index contributed by atoms with van der Waals surface area (Å²) in [6.07, 6.45) is 0.964. The molecule has 0 spiro atoms. The van der Waals surface area contributed by atoms with Crippen molar-refractivity contribution in [2.75, 3.05) is 0 Å². The monoisotopic (exact) mass is 506 g/mol. The Morgan fingerprint density at radius 3 is 1.62 bits per heavy atom. The molecule has 0 saturated heterocycles. The van der Waals surface area contributed by atoms with Gasteiger partial charge < -0.3 is 0 Å². The van der Waals surface area contributed by atoms with Crippen LogP contribution >= 0.6 is 0 Å². The van der Waals surface area contributed by atoms with Gasteiger partial charge in [-0.2, -0.15) is 0 Å². The van der Waals surface area contributed by atoms with E-state index < -0.39 is 0 Å². The molecule has 5 aromatic carbocycles. The first-order valence-electron chi connectivity index (χ1n) is 14.2. The van der Waals surface area contributed by atoms with E-state index in [9.17, 15) is 0 Å². The Morgan fingerprint density at radius 2 is 1.00 bits per heavy atom. The Labute approximate surface area is 234 Å². The molecule has 194 valence electrons. The van der Waals surface area contributed by atoms with Gasteiger partial charge in [-0.3, -0.25) is 0 Å². The maximum Gasteiger partial charge on any atom is -0.000705 e. The largest absolute Gasteiger partial charge is 0.0622 e. The second-order valence-corrected chi connectivity index (χ2v) is 13.0. The van der Waals surface area contributed by atoms with Crippen molar-refractivity contribution in [3.63, 3.8) is 0 Å². The van der Waals surface area contributed by atoms with Crippen LogP contribution in [0.1, 0.15) is 63.8 Å². The Kier molecular flexibility index (Phi) is 6.11. The Bertz CT molecular complexity index is 1660. The van der Waals surface area contributed by atoms with Gasteiger partial charge in [-0.25, -0.2) is 0 Å². The van der Waals surface area contributed by atoms with Crippen molar-refractivity contribution in [3.05, 3.63) is 131 Å². The third-order valence-corrected chi connectivity index (χ3v) is 8.18. The molecule has 0 heterocycles. The molecule has 6 rings (SSSR count). The van der Waals surface area contributed by atoms with Gasteiger partial charge in [0.15, 0.2) is 0 Å². The minimum atomic E-state index is 0.0388. The molecular formula is C39H38. The summed E-state index contributed by atoms with van der Waals surface area (Å²) < 4.78 is 0. The van der Waals surface area contributed by atoms with Crippen molar-refractivity contribution in [3.8, 4) is 44.5 Å². The summed E-state index contributed by atoms with van der Waals surface area (Å²) in [5.74, 6) is 0. The number of rotatable bonds is 3. The molecule has 1 aliphatic carbocycles. The highest BCUT2D eigenvalue weighted by Crippen LogP contribution is 2.51. The van der Waals surface area contributed by atoms with Crippen LogP contribution in [-0.2, 0) is 17.3 Å². The zero-order valence-electron chi connectivity index (χ0n) is 24.1. The zero-order valence-corrected chi connectivity index (χ0v) is 24.1. The molecule has 0 radical (unpaired) electrons. The standard InChI is InChI=1S/C39H38/c1-38(2,3)34-22-21-29(24-35(34)39(4,5)6)31-25-32-30-20-14-13-19-28(30)23-33(32)37(27-17-11-8-12-18-27)36(31)26-15-9-7-10-16-26/h7-22,24-25H,23H2,1-6H3. The fourth-order valence-electron chi connectivity index (χ4n) is 6.32. The van der Waals surface area contributed by atoms with E-state index in [0.717, 1.165) is 6.42 Å². The summed E-state index contributed by atoms with van der Waals surface area (Å²) in [5, 5.41) is 0. The highest BCUT2D eigenvalue weighted by atomic mass is 14.3. The predicted octanol–water partition coefficient (Wildman–Crippen LogP) is 10.9. The lowest BCUT2D eigenvalue weighted by molar-refractivity contribution is 0.530. The minimum absolute atomic E-state index is 0.0388. The zero-order chi connectivity index (χ0) is 27.4. The van der Waals surface area contributed by atoms with Crippen LogP contribution in [0.15, 0.2) is 109 Å². The predicted molar refractivity (Wildman–Crippen MR) is 168 cm³/mol. The van der Waals surface area contributed by atoms with Crippen molar-refractivity contribution in [1.82, 2.24) is 0 Å². The van der Waals surface area contributed by atoms with Gasteiger partial charge in [0.1, 0.15) is 0 Å². The van der Waals surface area contributed by atoms with Gasteiger partial charge in [-0.05, 0) is 90.1 Å². The summed E-state index contributed by atoms with van der Waals surface area (Å²) in [4.78, 5) is 0. The summed E-state index contributed by atoms with van der Waals surface area (Å²) in [5.41, 5.74) is 16.4. The third-order valence-electron chi connectivity index (χ3n) is 8.18. The van der Waals surface area contributed by atoms with E-state index in [1.807, 2.05) is 0 Å². The first-order valence-corrected chi connectivity index (χ1v) is 14.2. The second-order valence-electron chi connectivity index (χ2n) is 13.0. The molecule has 0 aliphatic heterocycles. The average Bonchev–Trinajstić information content (AvgIpc) is 3.30. The molecule has 0 saturated carbocycles. The molecule has 0 bridgehead atoms. The first-order chi connectivity index (χ1) is 18.6. The minimum Gasteiger partial charge on any atom is -0.0622 e. The lowest BCUT2D eigenvalue weighted by atomic mass is 9.73. The van der Waals surface area contributed by atoms with Gasteiger partial charge in [0, 0.05) is 0 Å².